The zero-order valence-electron chi connectivity index (χ0n) is 9.79. The number of benzene rings is 1. The number of rotatable bonds is 1. The SMILES string of the molecule is O=C(c1ccc(Cl)cc1)N1CC2(CCCC2)C1. The van der Waals surface area contributed by atoms with Gasteiger partial charge in [-0.1, -0.05) is 24.4 Å². The van der Waals surface area contributed by atoms with Crippen molar-refractivity contribution >= 4 is 17.5 Å². The molecule has 3 rings (SSSR count). The Hall–Kier alpha value is -1.02. The van der Waals surface area contributed by atoms with Gasteiger partial charge in [0.2, 0.25) is 0 Å². The standard InChI is InChI=1S/C14H16ClNO/c15-12-5-3-11(4-6-12)13(17)16-9-14(10-16)7-1-2-8-14/h3-6H,1-2,7-10H2. The van der Waals surface area contributed by atoms with Crippen molar-refractivity contribution in [2.24, 2.45) is 5.41 Å². The van der Waals surface area contributed by atoms with Gasteiger partial charge in [0.05, 0.1) is 0 Å². The second-order valence-electron chi connectivity index (χ2n) is 5.38. The topological polar surface area (TPSA) is 20.3 Å². The molecule has 1 saturated heterocycles. The predicted molar refractivity (Wildman–Crippen MR) is 68.3 cm³/mol. The predicted octanol–water partition coefficient (Wildman–Crippen LogP) is 3.36. The third kappa shape index (κ3) is 1.95. The summed E-state index contributed by atoms with van der Waals surface area (Å²) in [6.07, 6.45) is 5.28. The first-order valence-electron chi connectivity index (χ1n) is 6.23. The third-order valence-electron chi connectivity index (χ3n) is 4.10. The fraction of sp³-hybridized carbons (Fsp3) is 0.500. The van der Waals surface area contributed by atoms with Gasteiger partial charge < -0.3 is 4.90 Å². The summed E-state index contributed by atoms with van der Waals surface area (Å²) in [6.45, 7) is 1.91. The highest BCUT2D eigenvalue weighted by Crippen LogP contribution is 2.45. The maximum Gasteiger partial charge on any atom is 0.253 e. The van der Waals surface area contributed by atoms with Crippen LogP contribution in [-0.2, 0) is 0 Å². The molecule has 90 valence electrons. The summed E-state index contributed by atoms with van der Waals surface area (Å²) in [5.41, 5.74) is 1.23. The average Bonchev–Trinajstić information content (AvgIpc) is 2.76. The van der Waals surface area contributed by atoms with Crippen molar-refractivity contribution in [3.05, 3.63) is 34.9 Å². The quantitative estimate of drug-likeness (QED) is 0.747. The van der Waals surface area contributed by atoms with Crippen LogP contribution in [0, 0.1) is 5.41 Å². The average molecular weight is 250 g/mol. The van der Waals surface area contributed by atoms with Crippen molar-refractivity contribution in [3.63, 3.8) is 0 Å². The zero-order chi connectivity index (χ0) is 11.9. The molecule has 0 aromatic heterocycles. The normalized spacial score (nSPS) is 21.6. The molecule has 0 radical (unpaired) electrons. The van der Waals surface area contributed by atoms with E-state index in [1.54, 1.807) is 12.1 Å². The molecule has 1 aliphatic carbocycles. The molecule has 0 bridgehead atoms. The fourth-order valence-corrected chi connectivity index (χ4v) is 3.25. The Morgan fingerprint density at radius 2 is 1.71 bits per heavy atom. The van der Waals surface area contributed by atoms with Gasteiger partial charge in [-0.25, -0.2) is 0 Å². The van der Waals surface area contributed by atoms with Crippen LogP contribution in [0.15, 0.2) is 24.3 Å². The summed E-state index contributed by atoms with van der Waals surface area (Å²) >= 11 is 5.82. The molecule has 0 unspecified atom stereocenters. The van der Waals surface area contributed by atoms with E-state index in [1.165, 1.54) is 25.7 Å². The van der Waals surface area contributed by atoms with Crippen molar-refractivity contribution in [1.29, 1.82) is 0 Å². The van der Waals surface area contributed by atoms with E-state index in [9.17, 15) is 4.79 Å². The number of likely N-dealkylation sites (tertiary alicyclic amines) is 1. The van der Waals surface area contributed by atoms with E-state index in [-0.39, 0.29) is 5.91 Å². The van der Waals surface area contributed by atoms with Crippen molar-refractivity contribution in [1.82, 2.24) is 4.90 Å². The Balaban J connectivity index is 1.67. The lowest BCUT2D eigenvalue weighted by molar-refractivity contribution is 0.00933. The second-order valence-corrected chi connectivity index (χ2v) is 5.81. The van der Waals surface area contributed by atoms with Gasteiger partial charge in [-0.15, -0.1) is 0 Å². The lowest BCUT2D eigenvalue weighted by Gasteiger charge is -2.48. The van der Waals surface area contributed by atoms with Crippen LogP contribution >= 0.6 is 11.6 Å². The summed E-state index contributed by atoms with van der Waals surface area (Å²) < 4.78 is 0. The molecule has 0 atom stereocenters. The highest BCUT2D eigenvalue weighted by molar-refractivity contribution is 6.30. The second kappa shape index (κ2) is 4.02. The zero-order valence-corrected chi connectivity index (χ0v) is 10.5. The monoisotopic (exact) mass is 249 g/mol. The molecule has 1 spiro atoms. The summed E-state index contributed by atoms with van der Waals surface area (Å²) in [6, 6.07) is 7.18. The molecule has 1 amide bonds. The van der Waals surface area contributed by atoms with Gasteiger partial charge in [0.15, 0.2) is 0 Å². The number of hydrogen-bond acceptors (Lipinski definition) is 1. The Morgan fingerprint density at radius 3 is 2.29 bits per heavy atom. The molecule has 1 saturated carbocycles. The van der Waals surface area contributed by atoms with E-state index < -0.39 is 0 Å². The van der Waals surface area contributed by atoms with E-state index in [4.69, 9.17) is 11.6 Å². The number of nitrogens with zero attached hydrogens (tertiary/aromatic N) is 1. The van der Waals surface area contributed by atoms with E-state index in [2.05, 4.69) is 0 Å². The fourth-order valence-electron chi connectivity index (χ4n) is 3.12. The lowest BCUT2D eigenvalue weighted by Crippen LogP contribution is -2.57. The minimum Gasteiger partial charge on any atom is -0.337 e. The molecule has 2 nitrogen and oxygen atoms in total. The smallest absolute Gasteiger partial charge is 0.253 e. The Labute approximate surface area is 107 Å². The molecule has 1 aromatic carbocycles. The highest BCUT2D eigenvalue weighted by Gasteiger charge is 2.46. The summed E-state index contributed by atoms with van der Waals surface area (Å²) in [4.78, 5) is 14.1. The first-order valence-corrected chi connectivity index (χ1v) is 6.61. The van der Waals surface area contributed by atoms with Gasteiger partial charge in [-0.3, -0.25) is 4.79 Å². The molecule has 1 aromatic rings. The van der Waals surface area contributed by atoms with E-state index in [0.717, 1.165) is 18.7 Å². The van der Waals surface area contributed by atoms with Crippen LogP contribution in [0.1, 0.15) is 36.0 Å². The number of carbonyl (C=O) groups is 1. The molecular weight excluding hydrogens is 234 g/mol. The number of hydrogen-bond donors (Lipinski definition) is 0. The molecule has 1 heterocycles. The van der Waals surface area contributed by atoms with Gasteiger partial charge in [0, 0.05) is 29.1 Å². The van der Waals surface area contributed by atoms with Gasteiger partial charge >= 0.3 is 0 Å². The van der Waals surface area contributed by atoms with Crippen molar-refractivity contribution in [2.45, 2.75) is 25.7 Å². The number of halogens is 1. The number of amides is 1. The Kier molecular flexibility index (Phi) is 2.62. The summed E-state index contributed by atoms with van der Waals surface area (Å²) in [5.74, 6) is 0.152. The third-order valence-corrected chi connectivity index (χ3v) is 4.35. The van der Waals surface area contributed by atoms with E-state index >= 15 is 0 Å². The van der Waals surface area contributed by atoms with Crippen LogP contribution < -0.4 is 0 Å². The maximum atomic E-state index is 12.2. The molecule has 2 fully saturated rings. The highest BCUT2D eigenvalue weighted by atomic mass is 35.5. The van der Waals surface area contributed by atoms with Crippen molar-refractivity contribution in [2.75, 3.05) is 13.1 Å². The van der Waals surface area contributed by atoms with Gasteiger partial charge in [-0.05, 0) is 37.1 Å². The first-order chi connectivity index (χ1) is 8.19. The summed E-state index contributed by atoms with van der Waals surface area (Å²) in [5, 5.41) is 0.678. The van der Waals surface area contributed by atoms with Gasteiger partial charge in [0.1, 0.15) is 0 Å². The minimum absolute atomic E-state index is 0.152. The number of carbonyl (C=O) groups excluding carboxylic acids is 1. The van der Waals surface area contributed by atoms with Crippen LogP contribution in [0.2, 0.25) is 5.02 Å². The van der Waals surface area contributed by atoms with Crippen LogP contribution in [0.3, 0.4) is 0 Å². The van der Waals surface area contributed by atoms with Crippen LogP contribution in [0.5, 0.6) is 0 Å². The largest absolute Gasteiger partial charge is 0.337 e. The van der Waals surface area contributed by atoms with Crippen LogP contribution in [0.4, 0.5) is 0 Å². The molecule has 1 aliphatic heterocycles. The summed E-state index contributed by atoms with van der Waals surface area (Å²) in [7, 11) is 0. The van der Waals surface area contributed by atoms with Crippen molar-refractivity contribution in [3.8, 4) is 0 Å². The first kappa shape index (κ1) is 11.1. The molecule has 17 heavy (non-hydrogen) atoms. The maximum absolute atomic E-state index is 12.2. The molecule has 3 heteroatoms. The van der Waals surface area contributed by atoms with Crippen LogP contribution in [-0.4, -0.2) is 23.9 Å². The Bertz CT molecular complexity index is 426. The van der Waals surface area contributed by atoms with E-state index in [1.807, 2.05) is 17.0 Å². The molecular formula is C14H16ClNO. The van der Waals surface area contributed by atoms with Crippen molar-refractivity contribution < 1.29 is 4.79 Å². The van der Waals surface area contributed by atoms with Gasteiger partial charge in [0.25, 0.3) is 5.91 Å². The lowest BCUT2D eigenvalue weighted by atomic mass is 9.78. The molecule has 0 N–H and O–H groups in total. The minimum atomic E-state index is 0.152. The van der Waals surface area contributed by atoms with Gasteiger partial charge in [-0.2, -0.15) is 0 Å². The Morgan fingerprint density at radius 1 is 1.12 bits per heavy atom. The van der Waals surface area contributed by atoms with E-state index in [0.29, 0.717) is 10.4 Å². The van der Waals surface area contributed by atoms with Crippen LogP contribution in [0.25, 0.3) is 0 Å². The molecule has 2 aliphatic rings.